The van der Waals surface area contributed by atoms with Crippen LogP contribution in [0.25, 0.3) is 0 Å². The van der Waals surface area contributed by atoms with Crippen LogP contribution < -0.4 is 20.1 Å². The second kappa shape index (κ2) is 8.37. The van der Waals surface area contributed by atoms with Gasteiger partial charge in [0.25, 0.3) is 0 Å². The number of carbonyl (C=O) groups is 1. The van der Waals surface area contributed by atoms with Gasteiger partial charge in [0.1, 0.15) is 11.5 Å². The summed E-state index contributed by atoms with van der Waals surface area (Å²) in [5.74, 6) is 1.41. The molecule has 0 spiro atoms. The molecule has 1 amide bonds. The van der Waals surface area contributed by atoms with E-state index in [9.17, 15) is 4.79 Å². The molecule has 0 heterocycles. The zero-order chi connectivity index (χ0) is 14.1. The summed E-state index contributed by atoms with van der Waals surface area (Å²) >= 11 is 0. The number of benzene rings is 1. The molecule has 0 saturated heterocycles. The van der Waals surface area contributed by atoms with Crippen LogP contribution in [0.2, 0.25) is 0 Å². The Balaban J connectivity index is 2.56. The van der Waals surface area contributed by atoms with Gasteiger partial charge in [0.2, 0.25) is 5.91 Å². The minimum Gasteiger partial charge on any atom is -0.497 e. The maximum absolute atomic E-state index is 11.8. The molecule has 1 aromatic rings. The van der Waals surface area contributed by atoms with Gasteiger partial charge in [0.15, 0.2) is 0 Å². The van der Waals surface area contributed by atoms with Gasteiger partial charge in [0, 0.05) is 12.1 Å². The zero-order valence-corrected chi connectivity index (χ0v) is 11.8. The molecule has 0 aliphatic carbocycles. The standard InChI is InChI=1S/C14H22N2O3/c1-15-7-4-8-16-14(17)10-11-9-12(18-2)5-6-13(11)19-3/h5-6,9,15H,4,7-8,10H2,1-3H3,(H,16,17). The molecule has 0 unspecified atom stereocenters. The van der Waals surface area contributed by atoms with Crippen LogP contribution in [0.4, 0.5) is 0 Å². The fourth-order valence-electron chi connectivity index (χ4n) is 1.75. The third kappa shape index (κ3) is 5.18. The predicted octanol–water partition coefficient (Wildman–Crippen LogP) is 0.972. The molecular formula is C14H22N2O3. The van der Waals surface area contributed by atoms with Gasteiger partial charge >= 0.3 is 0 Å². The first kappa shape index (κ1) is 15.3. The van der Waals surface area contributed by atoms with Gasteiger partial charge in [0.05, 0.1) is 20.6 Å². The molecule has 0 aliphatic rings. The van der Waals surface area contributed by atoms with Crippen molar-refractivity contribution in [3.05, 3.63) is 23.8 Å². The molecule has 5 nitrogen and oxygen atoms in total. The molecule has 0 radical (unpaired) electrons. The van der Waals surface area contributed by atoms with Crippen molar-refractivity contribution < 1.29 is 14.3 Å². The third-order valence-electron chi connectivity index (χ3n) is 2.76. The van der Waals surface area contributed by atoms with Crippen LogP contribution in [-0.4, -0.2) is 40.3 Å². The molecule has 19 heavy (non-hydrogen) atoms. The minimum atomic E-state index is -0.0114. The number of hydrogen-bond acceptors (Lipinski definition) is 4. The first-order valence-corrected chi connectivity index (χ1v) is 6.33. The Kier molecular flexibility index (Phi) is 6.74. The van der Waals surface area contributed by atoms with Crippen molar-refractivity contribution in [1.82, 2.24) is 10.6 Å². The summed E-state index contributed by atoms with van der Waals surface area (Å²) in [6.07, 6.45) is 1.21. The lowest BCUT2D eigenvalue weighted by Crippen LogP contribution is -2.28. The molecule has 2 N–H and O–H groups in total. The Hall–Kier alpha value is -1.75. The van der Waals surface area contributed by atoms with Gasteiger partial charge in [-0.25, -0.2) is 0 Å². The number of methoxy groups -OCH3 is 2. The number of carbonyl (C=O) groups excluding carboxylic acids is 1. The van der Waals surface area contributed by atoms with Crippen molar-refractivity contribution in [1.29, 1.82) is 0 Å². The van der Waals surface area contributed by atoms with Gasteiger partial charge in [-0.2, -0.15) is 0 Å². The summed E-state index contributed by atoms with van der Waals surface area (Å²) in [4.78, 5) is 11.8. The second-order valence-corrected chi connectivity index (χ2v) is 4.16. The smallest absolute Gasteiger partial charge is 0.224 e. The van der Waals surface area contributed by atoms with E-state index in [0.717, 1.165) is 24.3 Å². The molecule has 0 atom stereocenters. The Morgan fingerprint density at radius 1 is 1.21 bits per heavy atom. The highest BCUT2D eigenvalue weighted by Gasteiger charge is 2.09. The summed E-state index contributed by atoms with van der Waals surface area (Å²) < 4.78 is 10.4. The van der Waals surface area contributed by atoms with E-state index in [-0.39, 0.29) is 5.91 Å². The molecular weight excluding hydrogens is 244 g/mol. The van der Waals surface area contributed by atoms with Crippen LogP contribution in [-0.2, 0) is 11.2 Å². The maximum atomic E-state index is 11.8. The topological polar surface area (TPSA) is 59.6 Å². The lowest BCUT2D eigenvalue weighted by atomic mass is 10.1. The minimum absolute atomic E-state index is 0.0114. The van der Waals surface area contributed by atoms with Crippen LogP contribution >= 0.6 is 0 Å². The molecule has 106 valence electrons. The van der Waals surface area contributed by atoms with E-state index in [1.54, 1.807) is 14.2 Å². The molecule has 0 bridgehead atoms. The van der Waals surface area contributed by atoms with Crippen LogP contribution in [0, 0.1) is 0 Å². The number of rotatable bonds is 8. The summed E-state index contributed by atoms with van der Waals surface area (Å²) in [7, 11) is 5.09. The summed E-state index contributed by atoms with van der Waals surface area (Å²) in [5, 5.41) is 5.92. The highest BCUT2D eigenvalue weighted by molar-refractivity contribution is 5.79. The number of amides is 1. The summed E-state index contributed by atoms with van der Waals surface area (Å²) in [6, 6.07) is 5.45. The van der Waals surface area contributed by atoms with Crippen molar-refractivity contribution >= 4 is 5.91 Å². The van der Waals surface area contributed by atoms with Crippen LogP contribution in [0.15, 0.2) is 18.2 Å². The molecule has 1 aromatic carbocycles. The van der Waals surface area contributed by atoms with Gasteiger partial charge in [-0.3, -0.25) is 4.79 Å². The van der Waals surface area contributed by atoms with Crippen molar-refractivity contribution in [2.75, 3.05) is 34.4 Å². The van der Waals surface area contributed by atoms with Crippen LogP contribution in [0.3, 0.4) is 0 Å². The van der Waals surface area contributed by atoms with Gasteiger partial charge < -0.3 is 20.1 Å². The van der Waals surface area contributed by atoms with E-state index in [1.165, 1.54) is 0 Å². The quantitative estimate of drug-likeness (QED) is 0.688. The fraction of sp³-hybridized carbons (Fsp3) is 0.500. The number of hydrogen-bond donors (Lipinski definition) is 2. The Bertz CT molecular complexity index is 408. The van der Waals surface area contributed by atoms with E-state index >= 15 is 0 Å². The van der Waals surface area contributed by atoms with Crippen LogP contribution in [0.1, 0.15) is 12.0 Å². The molecule has 0 saturated carbocycles. The monoisotopic (exact) mass is 266 g/mol. The lowest BCUT2D eigenvalue weighted by Gasteiger charge is -2.10. The molecule has 1 rings (SSSR count). The van der Waals surface area contributed by atoms with E-state index < -0.39 is 0 Å². The zero-order valence-electron chi connectivity index (χ0n) is 11.8. The van der Waals surface area contributed by atoms with Gasteiger partial charge in [-0.15, -0.1) is 0 Å². The van der Waals surface area contributed by atoms with Crippen LogP contribution in [0.5, 0.6) is 11.5 Å². The van der Waals surface area contributed by atoms with Gasteiger partial charge in [-0.1, -0.05) is 0 Å². The Morgan fingerprint density at radius 3 is 2.63 bits per heavy atom. The average molecular weight is 266 g/mol. The van der Waals surface area contributed by atoms with E-state index in [2.05, 4.69) is 10.6 Å². The lowest BCUT2D eigenvalue weighted by molar-refractivity contribution is -0.120. The molecule has 0 aromatic heterocycles. The summed E-state index contributed by atoms with van der Waals surface area (Å²) in [6.45, 7) is 1.56. The van der Waals surface area contributed by atoms with Crippen molar-refractivity contribution in [3.63, 3.8) is 0 Å². The van der Waals surface area contributed by atoms with E-state index in [0.29, 0.717) is 18.7 Å². The molecule has 0 aliphatic heterocycles. The van der Waals surface area contributed by atoms with Crippen molar-refractivity contribution in [3.8, 4) is 11.5 Å². The highest BCUT2D eigenvalue weighted by Crippen LogP contribution is 2.24. The van der Waals surface area contributed by atoms with E-state index in [1.807, 2.05) is 25.2 Å². The second-order valence-electron chi connectivity index (χ2n) is 4.16. The first-order valence-electron chi connectivity index (χ1n) is 6.33. The fourth-order valence-corrected chi connectivity index (χ4v) is 1.75. The normalized spacial score (nSPS) is 10.1. The SMILES string of the molecule is CNCCCNC(=O)Cc1cc(OC)ccc1OC. The summed E-state index contributed by atoms with van der Waals surface area (Å²) in [5.41, 5.74) is 0.827. The van der Waals surface area contributed by atoms with Crippen molar-refractivity contribution in [2.45, 2.75) is 12.8 Å². The molecule has 0 fully saturated rings. The average Bonchev–Trinajstić information content (AvgIpc) is 2.43. The maximum Gasteiger partial charge on any atom is 0.224 e. The van der Waals surface area contributed by atoms with E-state index in [4.69, 9.17) is 9.47 Å². The predicted molar refractivity (Wildman–Crippen MR) is 74.8 cm³/mol. The highest BCUT2D eigenvalue weighted by atomic mass is 16.5. The number of ether oxygens (including phenoxy) is 2. The van der Waals surface area contributed by atoms with Gasteiger partial charge in [-0.05, 0) is 38.2 Å². The number of nitrogens with one attached hydrogen (secondary N) is 2. The Morgan fingerprint density at radius 2 is 2.00 bits per heavy atom. The largest absolute Gasteiger partial charge is 0.497 e. The first-order chi connectivity index (χ1) is 9.21. The Labute approximate surface area is 114 Å². The van der Waals surface area contributed by atoms with Crippen molar-refractivity contribution in [2.24, 2.45) is 0 Å². The third-order valence-corrected chi connectivity index (χ3v) is 2.76. The molecule has 5 heteroatoms.